The molecule has 4 heteroatoms. The van der Waals surface area contributed by atoms with Crippen LogP contribution < -0.4 is 11.1 Å². The van der Waals surface area contributed by atoms with Crippen molar-refractivity contribution < 1.29 is 4.79 Å². The van der Waals surface area contributed by atoms with Gasteiger partial charge in [0, 0.05) is 12.1 Å². The van der Waals surface area contributed by atoms with Crippen molar-refractivity contribution in [3.05, 3.63) is 29.8 Å². The third-order valence-corrected chi connectivity index (χ3v) is 2.48. The van der Waals surface area contributed by atoms with Crippen LogP contribution in [0.5, 0.6) is 0 Å². The van der Waals surface area contributed by atoms with E-state index in [1.54, 1.807) is 0 Å². The molecule has 0 bridgehead atoms. The van der Waals surface area contributed by atoms with E-state index in [4.69, 9.17) is 18.0 Å². The molecule has 3 N–H and O–H groups in total. The number of carbonyl (C=O) groups is 1. The number of hydrogen-bond donors (Lipinski definition) is 2. The van der Waals surface area contributed by atoms with Gasteiger partial charge in [-0.1, -0.05) is 30.4 Å². The molecule has 72 valence electrons. The number of fused-ring (bicyclic) bond motifs is 1. The highest BCUT2D eigenvalue weighted by atomic mass is 32.1. The summed E-state index contributed by atoms with van der Waals surface area (Å²) in [6.07, 6.45) is 0.443. The summed E-state index contributed by atoms with van der Waals surface area (Å²) in [6.45, 7) is 0. The SMILES string of the molecule is NC(=S)CC1C(=O)Nc2ccccc21. The van der Waals surface area contributed by atoms with Crippen molar-refractivity contribution in [2.75, 3.05) is 5.32 Å². The Hall–Kier alpha value is -1.42. The molecule has 0 spiro atoms. The minimum atomic E-state index is -0.205. The topological polar surface area (TPSA) is 55.1 Å². The van der Waals surface area contributed by atoms with E-state index in [2.05, 4.69) is 5.32 Å². The third-order valence-electron chi connectivity index (χ3n) is 2.32. The summed E-state index contributed by atoms with van der Waals surface area (Å²) in [4.78, 5) is 11.9. The molecule has 0 aliphatic carbocycles. The number of nitrogens with one attached hydrogen (secondary N) is 1. The molecule has 3 nitrogen and oxygen atoms in total. The second kappa shape index (κ2) is 3.38. The van der Waals surface area contributed by atoms with Gasteiger partial charge in [0.05, 0.1) is 10.9 Å². The van der Waals surface area contributed by atoms with Crippen LogP contribution in [0.15, 0.2) is 24.3 Å². The van der Waals surface area contributed by atoms with E-state index >= 15 is 0 Å². The van der Waals surface area contributed by atoms with Crippen molar-refractivity contribution in [1.29, 1.82) is 0 Å². The largest absolute Gasteiger partial charge is 0.393 e. The van der Waals surface area contributed by atoms with Gasteiger partial charge >= 0.3 is 0 Å². The fraction of sp³-hybridized carbons (Fsp3) is 0.200. The first-order chi connectivity index (χ1) is 6.68. The molecular formula is C10H10N2OS. The van der Waals surface area contributed by atoms with Crippen molar-refractivity contribution >= 4 is 28.8 Å². The fourth-order valence-electron chi connectivity index (χ4n) is 1.68. The van der Waals surface area contributed by atoms with Gasteiger partial charge in [-0.05, 0) is 11.6 Å². The number of para-hydroxylation sites is 1. The van der Waals surface area contributed by atoms with E-state index in [9.17, 15) is 4.79 Å². The first kappa shape index (κ1) is 9.15. The molecule has 14 heavy (non-hydrogen) atoms. The number of benzene rings is 1. The van der Waals surface area contributed by atoms with Crippen molar-refractivity contribution in [2.45, 2.75) is 12.3 Å². The zero-order chi connectivity index (χ0) is 10.1. The van der Waals surface area contributed by atoms with Crippen molar-refractivity contribution in [3.8, 4) is 0 Å². The number of carbonyl (C=O) groups excluding carboxylic acids is 1. The summed E-state index contributed by atoms with van der Waals surface area (Å²) >= 11 is 4.81. The summed E-state index contributed by atoms with van der Waals surface area (Å²) in [5.74, 6) is -0.220. The Morgan fingerprint density at radius 1 is 1.50 bits per heavy atom. The average molecular weight is 206 g/mol. The molecule has 1 atom stereocenters. The normalized spacial score (nSPS) is 18.9. The molecule has 0 saturated carbocycles. The van der Waals surface area contributed by atoms with E-state index in [1.165, 1.54) is 0 Å². The average Bonchev–Trinajstić information content (AvgIpc) is 2.43. The van der Waals surface area contributed by atoms with Crippen molar-refractivity contribution in [2.24, 2.45) is 5.73 Å². The second-order valence-electron chi connectivity index (χ2n) is 3.30. The number of hydrogen-bond acceptors (Lipinski definition) is 2. The molecule has 1 aliphatic heterocycles. The summed E-state index contributed by atoms with van der Waals surface area (Å²) in [6, 6.07) is 7.61. The quantitative estimate of drug-likeness (QED) is 0.719. The van der Waals surface area contributed by atoms with E-state index in [1.807, 2.05) is 24.3 Å². The molecule has 1 aromatic rings. The Kier molecular flexibility index (Phi) is 2.21. The Bertz CT molecular complexity index is 403. The van der Waals surface area contributed by atoms with Gasteiger partial charge in [0.25, 0.3) is 0 Å². The van der Waals surface area contributed by atoms with Crippen LogP contribution in [0.25, 0.3) is 0 Å². The highest BCUT2D eigenvalue weighted by molar-refractivity contribution is 7.80. The van der Waals surface area contributed by atoms with Gasteiger partial charge in [-0.3, -0.25) is 4.79 Å². The highest BCUT2D eigenvalue weighted by Crippen LogP contribution is 2.33. The molecule has 0 aromatic heterocycles. The van der Waals surface area contributed by atoms with Gasteiger partial charge < -0.3 is 11.1 Å². The zero-order valence-corrected chi connectivity index (χ0v) is 8.30. The van der Waals surface area contributed by atoms with Crippen LogP contribution in [-0.4, -0.2) is 10.9 Å². The van der Waals surface area contributed by atoms with E-state index < -0.39 is 0 Å². The van der Waals surface area contributed by atoms with Crippen LogP contribution in [0.4, 0.5) is 5.69 Å². The van der Waals surface area contributed by atoms with Crippen LogP contribution in [0, 0.1) is 0 Å². The first-order valence-electron chi connectivity index (χ1n) is 4.36. The predicted molar refractivity (Wildman–Crippen MR) is 59.2 cm³/mol. The van der Waals surface area contributed by atoms with E-state index in [0.717, 1.165) is 11.3 Å². The van der Waals surface area contributed by atoms with Crippen molar-refractivity contribution in [3.63, 3.8) is 0 Å². The number of anilines is 1. The second-order valence-corrected chi connectivity index (χ2v) is 3.82. The number of thiocarbonyl (C=S) groups is 1. The molecule has 1 aliphatic rings. The van der Waals surface area contributed by atoms with Crippen LogP contribution in [-0.2, 0) is 4.79 Å². The Labute approximate surface area is 87.3 Å². The first-order valence-corrected chi connectivity index (χ1v) is 4.77. The van der Waals surface area contributed by atoms with Crippen LogP contribution in [0.2, 0.25) is 0 Å². The number of nitrogens with two attached hydrogens (primary N) is 1. The monoisotopic (exact) mass is 206 g/mol. The van der Waals surface area contributed by atoms with Crippen LogP contribution in [0.3, 0.4) is 0 Å². The van der Waals surface area contributed by atoms with Gasteiger partial charge in [0.15, 0.2) is 0 Å². The molecule has 0 radical (unpaired) electrons. The minimum Gasteiger partial charge on any atom is -0.393 e. The van der Waals surface area contributed by atoms with Gasteiger partial charge in [0.1, 0.15) is 0 Å². The maximum Gasteiger partial charge on any atom is 0.232 e. The number of rotatable bonds is 2. The molecular weight excluding hydrogens is 196 g/mol. The van der Waals surface area contributed by atoms with Crippen molar-refractivity contribution in [1.82, 2.24) is 0 Å². The lowest BCUT2D eigenvalue weighted by Gasteiger charge is -2.06. The lowest BCUT2D eigenvalue weighted by atomic mass is 9.97. The minimum absolute atomic E-state index is 0.0148. The van der Waals surface area contributed by atoms with E-state index in [0.29, 0.717) is 11.4 Å². The maximum absolute atomic E-state index is 11.5. The lowest BCUT2D eigenvalue weighted by Crippen LogP contribution is -2.19. The molecule has 2 rings (SSSR count). The molecule has 1 heterocycles. The summed E-state index contributed by atoms with van der Waals surface area (Å²) in [7, 11) is 0. The number of amides is 1. The maximum atomic E-state index is 11.5. The third kappa shape index (κ3) is 1.48. The Morgan fingerprint density at radius 3 is 2.93 bits per heavy atom. The lowest BCUT2D eigenvalue weighted by molar-refractivity contribution is -0.116. The smallest absolute Gasteiger partial charge is 0.232 e. The molecule has 0 saturated heterocycles. The summed E-state index contributed by atoms with van der Waals surface area (Å²) < 4.78 is 0. The van der Waals surface area contributed by atoms with Crippen LogP contribution in [0.1, 0.15) is 17.9 Å². The highest BCUT2D eigenvalue weighted by Gasteiger charge is 2.30. The summed E-state index contributed by atoms with van der Waals surface area (Å²) in [5.41, 5.74) is 7.31. The Balaban J connectivity index is 2.34. The molecule has 1 amide bonds. The summed E-state index contributed by atoms with van der Waals surface area (Å²) in [5, 5.41) is 2.80. The van der Waals surface area contributed by atoms with Gasteiger partial charge in [-0.2, -0.15) is 0 Å². The standard InChI is InChI=1S/C10H10N2OS/c11-9(14)5-7-6-3-1-2-4-8(6)12-10(7)13/h1-4,7H,5H2,(H2,11,14)(H,12,13). The van der Waals surface area contributed by atoms with Gasteiger partial charge in [-0.25, -0.2) is 0 Å². The molecule has 1 aromatic carbocycles. The molecule has 0 fully saturated rings. The molecule has 1 unspecified atom stereocenters. The fourth-order valence-corrected chi connectivity index (χ4v) is 1.85. The van der Waals surface area contributed by atoms with Crippen LogP contribution >= 0.6 is 12.2 Å². The predicted octanol–water partition coefficient (Wildman–Crippen LogP) is 1.40. The van der Waals surface area contributed by atoms with Gasteiger partial charge in [-0.15, -0.1) is 0 Å². The van der Waals surface area contributed by atoms with E-state index in [-0.39, 0.29) is 11.8 Å². The zero-order valence-electron chi connectivity index (χ0n) is 7.49. The Morgan fingerprint density at radius 2 is 2.21 bits per heavy atom. The van der Waals surface area contributed by atoms with Gasteiger partial charge in [0.2, 0.25) is 5.91 Å².